The lowest BCUT2D eigenvalue weighted by Gasteiger charge is -2.29. The molecule has 0 saturated carbocycles. The smallest absolute Gasteiger partial charge is 0.322 e. The molecule has 1 saturated heterocycles. The summed E-state index contributed by atoms with van der Waals surface area (Å²) in [5.74, 6) is -0.524. The van der Waals surface area contributed by atoms with Crippen LogP contribution in [0.3, 0.4) is 0 Å². The molecule has 2 aromatic carbocycles. The van der Waals surface area contributed by atoms with Gasteiger partial charge in [-0.2, -0.15) is 0 Å². The minimum Gasteiger partial charge on any atom is -0.376 e. The molecule has 3 aromatic rings. The van der Waals surface area contributed by atoms with Gasteiger partial charge in [-0.25, -0.2) is 9.18 Å². The summed E-state index contributed by atoms with van der Waals surface area (Å²) in [6.07, 6.45) is 1.66. The van der Waals surface area contributed by atoms with Crippen molar-refractivity contribution >= 4 is 40.6 Å². The molecule has 0 unspecified atom stereocenters. The number of hydrogen-bond acceptors (Lipinski definition) is 4. The van der Waals surface area contributed by atoms with Gasteiger partial charge in [0.2, 0.25) is 5.91 Å². The molecule has 9 heteroatoms. The van der Waals surface area contributed by atoms with Crippen LogP contribution in [0.1, 0.15) is 28.8 Å². The van der Waals surface area contributed by atoms with Crippen molar-refractivity contribution in [1.82, 2.24) is 9.80 Å². The number of benzene rings is 2. The van der Waals surface area contributed by atoms with Crippen LogP contribution in [0.15, 0.2) is 60.0 Å². The number of nitrogens with zero attached hydrogens (tertiary/aromatic N) is 2. The highest BCUT2D eigenvalue weighted by Gasteiger charge is 2.27. The van der Waals surface area contributed by atoms with Crippen molar-refractivity contribution in [2.24, 2.45) is 0 Å². The number of carbonyl (C=O) groups excluding carboxylic acids is 2. The van der Waals surface area contributed by atoms with Gasteiger partial charge in [-0.3, -0.25) is 4.79 Å². The zero-order valence-electron chi connectivity index (χ0n) is 20.1. The van der Waals surface area contributed by atoms with Gasteiger partial charge in [0.1, 0.15) is 12.4 Å². The Morgan fingerprint density at radius 2 is 1.83 bits per heavy atom. The van der Waals surface area contributed by atoms with Crippen LogP contribution in [0.5, 0.6) is 0 Å². The van der Waals surface area contributed by atoms with E-state index in [0.717, 1.165) is 28.8 Å². The minimum atomic E-state index is -0.379. The lowest BCUT2D eigenvalue weighted by Crippen LogP contribution is -2.46. The molecule has 0 radical (unpaired) electrons. The third-order valence-corrected chi connectivity index (χ3v) is 7.36. The lowest BCUT2D eigenvalue weighted by atomic mass is 10.2. The molecule has 6 nitrogen and oxygen atoms in total. The summed E-state index contributed by atoms with van der Waals surface area (Å²) in [7, 11) is 0. The number of aryl methyl sites for hydroxylation is 1. The van der Waals surface area contributed by atoms with E-state index in [9.17, 15) is 14.0 Å². The highest BCUT2D eigenvalue weighted by atomic mass is 35.5. The fourth-order valence-corrected chi connectivity index (χ4v) is 5.08. The third kappa shape index (κ3) is 7.29. The maximum absolute atomic E-state index is 13.6. The summed E-state index contributed by atoms with van der Waals surface area (Å²) < 4.78 is 19.2. The molecule has 1 fully saturated rings. The number of rotatable bonds is 9. The van der Waals surface area contributed by atoms with Crippen LogP contribution in [0, 0.1) is 12.7 Å². The van der Waals surface area contributed by atoms with E-state index in [4.69, 9.17) is 16.3 Å². The second-order valence-electron chi connectivity index (χ2n) is 8.86. The van der Waals surface area contributed by atoms with Crippen molar-refractivity contribution in [2.75, 3.05) is 25.0 Å². The molecule has 0 aliphatic carbocycles. The van der Waals surface area contributed by atoms with Crippen LogP contribution in [-0.4, -0.2) is 47.5 Å². The van der Waals surface area contributed by atoms with E-state index in [1.807, 2.05) is 18.4 Å². The van der Waals surface area contributed by atoms with Gasteiger partial charge in [0.15, 0.2) is 0 Å². The Morgan fingerprint density at radius 1 is 1.08 bits per heavy atom. The van der Waals surface area contributed by atoms with Crippen LogP contribution < -0.4 is 5.32 Å². The van der Waals surface area contributed by atoms with Crippen LogP contribution in [0.25, 0.3) is 0 Å². The first-order chi connectivity index (χ1) is 17.4. The van der Waals surface area contributed by atoms with E-state index < -0.39 is 0 Å². The lowest BCUT2D eigenvalue weighted by molar-refractivity contribution is -0.133. The van der Waals surface area contributed by atoms with Gasteiger partial charge in [0, 0.05) is 35.3 Å². The van der Waals surface area contributed by atoms with E-state index in [2.05, 4.69) is 5.32 Å². The first-order valence-electron chi connectivity index (χ1n) is 11.9. The summed E-state index contributed by atoms with van der Waals surface area (Å²) in [5, 5.41) is 5.42. The van der Waals surface area contributed by atoms with Gasteiger partial charge in [0.25, 0.3) is 0 Å². The third-order valence-electron chi connectivity index (χ3n) is 6.10. The Balaban J connectivity index is 1.52. The zero-order chi connectivity index (χ0) is 25.5. The molecule has 1 N–H and O–H groups in total. The van der Waals surface area contributed by atoms with Gasteiger partial charge < -0.3 is 19.9 Å². The largest absolute Gasteiger partial charge is 0.376 e. The van der Waals surface area contributed by atoms with E-state index in [1.165, 1.54) is 17.0 Å². The normalized spacial score (nSPS) is 15.0. The first-order valence-corrected chi connectivity index (χ1v) is 13.1. The summed E-state index contributed by atoms with van der Waals surface area (Å²) in [4.78, 5) is 31.1. The fourth-order valence-electron chi connectivity index (χ4n) is 4.03. The van der Waals surface area contributed by atoms with Gasteiger partial charge >= 0.3 is 6.03 Å². The molecule has 2 heterocycles. The highest BCUT2D eigenvalue weighted by Crippen LogP contribution is 2.21. The molecular formula is C27H29ClFN3O3S. The van der Waals surface area contributed by atoms with Crippen LogP contribution in [-0.2, 0) is 22.6 Å². The molecule has 1 aliphatic heterocycles. The Kier molecular flexibility index (Phi) is 8.96. The number of nitrogens with one attached hydrogen (secondary N) is 1. The van der Waals surface area contributed by atoms with E-state index >= 15 is 0 Å². The molecule has 3 amide bonds. The molecule has 1 aliphatic rings. The van der Waals surface area contributed by atoms with Crippen LogP contribution >= 0.6 is 22.9 Å². The van der Waals surface area contributed by atoms with Gasteiger partial charge in [-0.1, -0.05) is 23.7 Å². The topological polar surface area (TPSA) is 61.9 Å². The van der Waals surface area contributed by atoms with Crippen molar-refractivity contribution in [3.63, 3.8) is 0 Å². The standard InChI is InChI=1S/C27H29ClFN3O3S/c1-19-12-14-36-25(19)17-31(15-20-4-8-22(29)9-5-20)26(33)18-32(16-24-3-2-13-35-24)27(34)30-23-10-6-21(28)7-11-23/h4-12,14,24H,2-3,13,15-18H2,1H3,(H,30,34)/t24-/m0/s1. The predicted octanol–water partition coefficient (Wildman–Crippen LogP) is 6.09. The molecule has 190 valence electrons. The van der Waals surface area contributed by atoms with Crippen molar-refractivity contribution in [3.8, 4) is 0 Å². The van der Waals surface area contributed by atoms with E-state index in [1.54, 1.807) is 52.6 Å². The van der Waals surface area contributed by atoms with Crippen LogP contribution in [0.4, 0.5) is 14.9 Å². The average molecular weight is 530 g/mol. The summed E-state index contributed by atoms with van der Waals surface area (Å²) in [5.41, 5.74) is 2.51. The number of hydrogen-bond donors (Lipinski definition) is 1. The molecule has 1 atom stereocenters. The van der Waals surface area contributed by atoms with Gasteiger partial charge in [0.05, 0.1) is 12.6 Å². The Labute approximate surface area is 219 Å². The monoisotopic (exact) mass is 529 g/mol. The number of ether oxygens (including phenoxy) is 1. The first kappa shape index (κ1) is 26.1. The van der Waals surface area contributed by atoms with Crippen molar-refractivity contribution < 1.29 is 18.7 Å². The number of thiophene rings is 1. The fraction of sp³-hybridized carbons (Fsp3) is 0.333. The summed E-state index contributed by atoms with van der Waals surface area (Å²) >= 11 is 7.55. The maximum Gasteiger partial charge on any atom is 0.322 e. The van der Waals surface area contributed by atoms with E-state index in [0.29, 0.717) is 37.0 Å². The van der Waals surface area contributed by atoms with Crippen LogP contribution in [0.2, 0.25) is 5.02 Å². The molecular weight excluding hydrogens is 501 g/mol. The van der Waals surface area contributed by atoms with Crippen molar-refractivity contribution in [2.45, 2.75) is 39.0 Å². The number of carbonyl (C=O) groups is 2. The highest BCUT2D eigenvalue weighted by molar-refractivity contribution is 7.10. The Hall–Kier alpha value is -2.94. The zero-order valence-corrected chi connectivity index (χ0v) is 21.7. The summed E-state index contributed by atoms with van der Waals surface area (Å²) in [6, 6.07) is 14.6. The molecule has 4 rings (SSSR count). The second kappa shape index (κ2) is 12.3. The van der Waals surface area contributed by atoms with Gasteiger partial charge in [-0.15, -0.1) is 11.3 Å². The number of urea groups is 1. The summed E-state index contributed by atoms with van der Waals surface area (Å²) in [6.45, 7) is 3.59. The SMILES string of the molecule is Cc1ccsc1CN(Cc1ccc(F)cc1)C(=O)CN(C[C@@H]1CCCO1)C(=O)Nc1ccc(Cl)cc1. The van der Waals surface area contributed by atoms with E-state index in [-0.39, 0.29) is 30.4 Å². The average Bonchev–Trinajstić information content (AvgIpc) is 3.52. The molecule has 0 bridgehead atoms. The predicted molar refractivity (Wildman–Crippen MR) is 141 cm³/mol. The quantitative estimate of drug-likeness (QED) is 0.365. The second-order valence-corrected chi connectivity index (χ2v) is 10.3. The number of amides is 3. The van der Waals surface area contributed by atoms with Crippen molar-refractivity contribution in [3.05, 3.63) is 86.8 Å². The maximum atomic E-state index is 13.6. The van der Waals surface area contributed by atoms with Gasteiger partial charge in [-0.05, 0) is 78.7 Å². The molecule has 0 spiro atoms. The Bertz CT molecular complexity index is 1160. The Morgan fingerprint density at radius 3 is 2.47 bits per heavy atom. The minimum absolute atomic E-state index is 0.106. The molecule has 36 heavy (non-hydrogen) atoms. The number of anilines is 1. The number of halogens is 2. The molecule has 1 aromatic heterocycles. The van der Waals surface area contributed by atoms with Crippen molar-refractivity contribution in [1.29, 1.82) is 0 Å².